The van der Waals surface area contributed by atoms with Crippen LogP contribution < -0.4 is 5.32 Å². The lowest BCUT2D eigenvalue weighted by atomic mass is 9.94. The van der Waals surface area contributed by atoms with Crippen molar-refractivity contribution in [2.75, 3.05) is 5.32 Å². The second-order valence-electron chi connectivity index (χ2n) is 10.1. The smallest absolute Gasteiger partial charge is 0.305 e. The monoisotopic (exact) mass is 560 g/mol. The van der Waals surface area contributed by atoms with Crippen LogP contribution in [0, 0.1) is 5.82 Å². The van der Waals surface area contributed by atoms with Crippen molar-refractivity contribution in [3.05, 3.63) is 102 Å². The Balaban J connectivity index is 1.88. The van der Waals surface area contributed by atoms with E-state index < -0.39 is 36.8 Å². The van der Waals surface area contributed by atoms with Gasteiger partial charge in [0, 0.05) is 26.2 Å². The number of carbonyl (C=O) groups is 2. The largest absolute Gasteiger partial charge is 0.481 e. The van der Waals surface area contributed by atoms with Crippen LogP contribution in [0.25, 0.3) is 22.4 Å². The second kappa shape index (κ2) is 13.4. The normalized spacial score (nSPS) is 13.8. The van der Waals surface area contributed by atoms with E-state index in [2.05, 4.69) is 5.32 Å². The Kier molecular flexibility index (Phi) is 8.79. The minimum absolute atomic E-state index is 0.0172. The molecule has 0 spiro atoms. The highest BCUT2D eigenvalue weighted by Crippen LogP contribution is 2.42. The third kappa shape index (κ3) is 7.28. The van der Waals surface area contributed by atoms with Crippen LogP contribution in [0.15, 0.2) is 84.9 Å². The van der Waals surface area contributed by atoms with Crippen molar-refractivity contribution in [3.63, 3.8) is 0 Å². The maximum atomic E-state index is 14.1. The van der Waals surface area contributed by atoms with Gasteiger partial charge in [0.15, 0.2) is 0 Å². The van der Waals surface area contributed by atoms with Gasteiger partial charge in [-0.2, -0.15) is 0 Å². The predicted octanol–water partition coefficient (Wildman–Crippen LogP) is 6.31. The number of nitrogens with zero attached hydrogens (tertiary/aromatic N) is 1. The number of nitrogens with one attached hydrogen (secondary N) is 1. The number of hydrogen-bond acceptors (Lipinski definition) is 4. The van der Waals surface area contributed by atoms with Gasteiger partial charge in [-0.1, -0.05) is 62.4 Å². The van der Waals surface area contributed by atoms with Crippen molar-refractivity contribution in [1.82, 2.24) is 4.57 Å². The first-order chi connectivity index (χ1) is 20.4. The number of halogens is 1. The molecule has 7 nitrogen and oxygen atoms in total. The number of amides is 1. The van der Waals surface area contributed by atoms with Crippen molar-refractivity contribution < 1.29 is 32.0 Å². The Morgan fingerprint density at radius 1 is 0.902 bits per heavy atom. The molecule has 4 N–H and O–H groups in total. The molecule has 3 aromatic carbocycles. The molecule has 2 atom stereocenters. The molecule has 0 fully saturated rings. The molecular weight excluding hydrogens is 523 g/mol. The number of aliphatic carboxylic acids is 1. The molecule has 0 aliphatic rings. The summed E-state index contributed by atoms with van der Waals surface area (Å²) in [5.74, 6) is -2.77. The fraction of sp³-hybridized carbons (Fsp3) is 0.273. The van der Waals surface area contributed by atoms with Gasteiger partial charge in [0.05, 0.1) is 29.8 Å². The maximum absolute atomic E-state index is 14.1. The minimum Gasteiger partial charge on any atom is -0.481 e. The van der Waals surface area contributed by atoms with Crippen molar-refractivity contribution in [1.29, 1.82) is 0 Å². The Hall–Kier alpha value is -4.27. The van der Waals surface area contributed by atoms with Crippen LogP contribution in [-0.4, -0.2) is 44.0 Å². The topological polar surface area (TPSA) is 112 Å². The Morgan fingerprint density at radius 3 is 2.10 bits per heavy atom. The summed E-state index contributed by atoms with van der Waals surface area (Å²) < 4.78 is 31.2. The average molecular weight is 561 g/mol. The molecular formula is C33H35FN2O5. The fourth-order valence-electron chi connectivity index (χ4n) is 5.06. The molecule has 41 heavy (non-hydrogen) atoms. The number of hydrogen-bond donors (Lipinski definition) is 4. The molecule has 1 aromatic heterocycles. The summed E-state index contributed by atoms with van der Waals surface area (Å²) in [5, 5.41) is 33.1. The minimum atomic E-state index is -2.93. The Labute approximate surface area is 241 Å². The van der Waals surface area contributed by atoms with E-state index in [-0.39, 0.29) is 24.8 Å². The molecule has 0 aliphatic carbocycles. The molecule has 1 heterocycles. The van der Waals surface area contributed by atoms with E-state index in [0.717, 1.165) is 5.56 Å². The van der Waals surface area contributed by atoms with Gasteiger partial charge in [-0.3, -0.25) is 9.59 Å². The molecule has 0 unspecified atom stereocenters. The predicted molar refractivity (Wildman–Crippen MR) is 157 cm³/mol. The number of carbonyl (C=O) groups excluding carboxylic acids is 1. The van der Waals surface area contributed by atoms with E-state index in [1.165, 1.54) is 12.1 Å². The second-order valence-corrected chi connectivity index (χ2v) is 10.1. The number of para-hydroxylation sites is 1. The molecule has 0 bridgehead atoms. The van der Waals surface area contributed by atoms with E-state index in [1.807, 2.05) is 66.9 Å². The van der Waals surface area contributed by atoms with Crippen LogP contribution in [0.2, 0.25) is 0 Å². The summed E-state index contributed by atoms with van der Waals surface area (Å²) in [6, 6.07) is 24.3. The summed E-state index contributed by atoms with van der Waals surface area (Å²) in [6.07, 6.45) is -6.60. The van der Waals surface area contributed by atoms with Gasteiger partial charge in [0.25, 0.3) is 5.91 Å². The molecule has 0 aliphatic heterocycles. The maximum Gasteiger partial charge on any atom is 0.305 e. The summed E-state index contributed by atoms with van der Waals surface area (Å²) >= 11 is 0. The Morgan fingerprint density at radius 2 is 1.51 bits per heavy atom. The summed E-state index contributed by atoms with van der Waals surface area (Å²) in [7, 11) is 0. The lowest BCUT2D eigenvalue weighted by molar-refractivity contribution is -0.139. The van der Waals surface area contributed by atoms with E-state index in [1.54, 1.807) is 24.3 Å². The molecule has 0 saturated heterocycles. The van der Waals surface area contributed by atoms with Crippen LogP contribution in [0.3, 0.4) is 0 Å². The lowest BCUT2D eigenvalue weighted by Crippen LogP contribution is -2.22. The number of aliphatic hydroxyl groups excluding tert-OH is 2. The van der Waals surface area contributed by atoms with Gasteiger partial charge < -0.3 is 25.2 Å². The van der Waals surface area contributed by atoms with Crippen LogP contribution in [0.5, 0.6) is 0 Å². The Bertz CT molecular complexity index is 1560. The first-order valence-electron chi connectivity index (χ1n) is 14.5. The van der Waals surface area contributed by atoms with Crippen molar-refractivity contribution in [3.8, 4) is 22.4 Å². The number of anilines is 1. The van der Waals surface area contributed by atoms with E-state index in [9.17, 15) is 24.2 Å². The fourth-order valence-corrected chi connectivity index (χ4v) is 5.06. The number of rotatable bonds is 12. The summed E-state index contributed by atoms with van der Waals surface area (Å²) in [6.45, 7) is 4.02. The number of aromatic nitrogens is 1. The lowest BCUT2D eigenvalue weighted by Gasteiger charge is -2.20. The van der Waals surface area contributed by atoms with Gasteiger partial charge in [-0.05, 0) is 66.3 Å². The molecule has 4 aromatic rings. The van der Waals surface area contributed by atoms with Crippen LogP contribution in [0.1, 0.15) is 57.8 Å². The summed E-state index contributed by atoms with van der Waals surface area (Å²) in [4.78, 5) is 25.3. The van der Waals surface area contributed by atoms with E-state index >= 15 is 0 Å². The molecule has 214 valence electrons. The standard InChI is InChI=1S/C33H35FN2O5/c1-21(2)31-30(33(41)35-25-11-7-4-8-12-25)29(22-9-5-3-6-10-22)32(23-13-15-24(34)16-14-23)36(31)18-17-26(37)19-27(38)20-28(39)40/h3-16,21,26-27,37-38H,17-20H2,1-2H3,(H,35,41)(H,39,40)/t26-,27-/m0/s1/i20D2. The van der Waals surface area contributed by atoms with Crippen molar-refractivity contribution >= 4 is 17.6 Å². The first-order valence-corrected chi connectivity index (χ1v) is 13.5. The quantitative estimate of drug-likeness (QED) is 0.162. The number of aliphatic hydroxyl groups is 2. The van der Waals surface area contributed by atoms with Crippen LogP contribution in [-0.2, 0) is 11.3 Å². The van der Waals surface area contributed by atoms with Crippen LogP contribution >= 0.6 is 0 Å². The number of carboxylic acid groups (broad SMARTS) is 1. The van der Waals surface area contributed by atoms with Crippen LogP contribution in [0.4, 0.5) is 10.1 Å². The third-order valence-electron chi connectivity index (χ3n) is 6.76. The average Bonchev–Trinajstić information content (AvgIpc) is 3.33. The van der Waals surface area contributed by atoms with Gasteiger partial charge in [0.1, 0.15) is 5.82 Å². The van der Waals surface area contributed by atoms with Gasteiger partial charge in [-0.25, -0.2) is 4.39 Å². The first kappa shape index (κ1) is 26.9. The molecule has 1 amide bonds. The zero-order chi connectivity index (χ0) is 31.3. The summed E-state index contributed by atoms with van der Waals surface area (Å²) in [5.41, 5.74) is 4.34. The zero-order valence-electron chi connectivity index (χ0n) is 24.9. The molecule has 0 radical (unpaired) electrons. The highest BCUT2D eigenvalue weighted by molar-refractivity contribution is 6.12. The third-order valence-corrected chi connectivity index (χ3v) is 6.76. The molecule has 0 saturated carbocycles. The molecule has 8 heteroatoms. The van der Waals surface area contributed by atoms with Gasteiger partial charge in [0.2, 0.25) is 0 Å². The van der Waals surface area contributed by atoms with Gasteiger partial charge in [-0.15, -0.1) is 0 Å². The SMILES string of the molecule is [2H]C([2H])(C(=O)O)[C@@H](O)C[C@@H](O)CCn1c(-c2ccc(F)cc2)c(-c2ccccc2)c(C(=O)Nc2ccccc2)c1C(C)C. The highest BCUT2D eigenvalue weighted by Gasteiger charge is 2.31. The van der Waals surface area contributed by atoms with Crippen molar-refractivity contribution in [2.45, 2.75) is 57.7 Å². The zero-order valence-corrected chi connectivity index (χ0v) is 22.9. The van der Waals surface area contributed by atoms with E-state index in [4.69, 9.17) is 7.85 Å². The molecule has 4 rings (SSSR count). The van der Waals surface area contributed by atoms with Crippen molar-refractivity contribution in [2.24, 2.45) is 0 Å². The van der Waals surface area contributed by atoms with E-state index in [0.29, 0.717) is 33.8 Å². The number of benzene rings is 3. The van der Waals surface area contributed by atoms with Gasteiger partial charge >= 0.3 is 5.97 Å². The highest BCUT2D eigenvalue weighted by atomic mass is 19.1. The number of carboxylic acids is 1.